The van der Waals surface area contributed by atoms with Gasteiger partial charge in [0.15, 0.2) is 0 Å². The lowest BCUT2D eigenvalue weighted by molar-refractivity contribution is -0.115. The van der Waals surface area contributed by atoms with E-state index in [1.54, 1.807) is 24.3 Å². The van der Waals surface area contributed by atoms with Gasteiger partial charge in [-0.2, -0.15) is 5.26 Å². The van der Waals surface area contributed by atoms with E-state index < -0.39 is 0 Å². The van der Waals surface area contributed by atoms with Gasteiger partial charge in [-0.1, -0.05) is 61.0 Å². The summed E-state index contributed by atoms with van der Waals surface area (Å²) in [5.74, 6) is -0.413. The zero-order chi connectivity index (χ0) is 29.6. The third kappa shape index (κ3) is 6.66. The van der Waals surface area contributed by atoms with Crippen molar-refractivity contribution in [3.8, 4) is 6.07 Å². The van der Waals surface area contributed by atoms with Gasteiger partial charge in [0.05, 0.1) is 29.3 Å². The van der Waals surface area contributed by atoms with Crippen LogP contribution in [0.5, 0.6) is 0 Å². The second-order valence-electron chi connectivity index (χ2n) is 11.0. The molecule has 1 fully saturated rings. The number of nitrogens with one attached hydrogen (secondary N) is 3. The molecule has 0 saturated carbocycles. The number of carbonyl (C=O) groups excluding carboxylic acids is 2. The number of nitrogens with zero attached hydrogens (tertiary/aromatic N) is 2. The van der Waals surface area contributed by atoms with E-state index >= 15 is 0 Å². The first kappa shape index (κ1) is 28.0. The zero-order valence-corrected chi connectivity index (χ0v) is 23.9. The molecule has 2 aliphatic rings. The van der Waals surface area contributed by atoms with Crippen LogP contribution >= 0.6 is 0 Å². The summed E-state index contributed by atoms with van der Waals surface area (Å²) in [5.41, 5.74) is 7.49. The Balaban J connectivity index is 1.27. The monoisotopic (exact) mass is 567 g/mol. The van der Waals surface area contributed by atoms with Gasteiger partial charge in [0, 0.05) is 29.2 Å². The summed E-state index contributed by atoms with van der Waals surface area (Å²) in [4.78, 5) is 28.8. The van der Waals surface area contributed by atoms with Crippen molar-refractivity contribution in [2.75, 3.05) is 29.0 Å². The van der Waals surface area contributed by atoms with E-state index in [9.17, 15) is 9.59 Å². The average molecular weight is 568 g/mol. The maximum atomic E-state index is 13.4. The molecule has 4 aromatic carbocycles. The normalized spacial score (nSPS) is 15.7. The first-order chi connectivity index (χ1) is 21.1. The number of nitriles is 1. The van der Waals surface area contributed by atoms with Gasteiger partial charge in [-0.3, -0.25) is 14.5 Å². The Morgan fingerprint density at radius 1 is 0.814 bits per heavy atom. The van der Waals surface area contributed by atoms with Crippen LogP contribution < -0.4 is 16.0 Å². The van der Waals surface area contributed by atoms with Crippen LogP contribution in [0.15, 0.2) is 97.1 Å². The molecule has 4 aromatic rings. The van der Waals surface area contributed by atoms with Gasteiger partial charge in [-0.15, -0.1) is 0 Å². The Bertz CT molecular complexity index is 1720. The van der Waals surface area contributed by atoms with Crippen molar-refractivity contribution >= 4 is 40.1 Å². The lowest BCUT2D eigenvalue weighted by atomic mass is 9.99. The lowest BCUT2D eigenvalue weighted by Crippen LogP contribution is -2.29. The number of amides is 2. The molecule has 0 spiro atoms. The second-order valence-corrected chi connectivity index (χ2v) is 11.0. The molecule has 214 valence electrons. The minimum absolute atomic E-state index is 0.136. The first-order valence-corrected chi connectivity index (χ1v) is 14.7. The Morgan fingerprint density at radius 2 is 1.58 bits per heavy atom. The number of benzene rings is 4. The van der Waals surface area contributed by atoms with Gasteiger partial charge in [0.25, 0.3) is 5.91 Å². The molecular weight excluding hydrogens is 534 g/mol. The fraction of sp³-hybridized carbons (Fsp3) is 0.194. The van der Waals surface area contributed by atoms with Crippen LogP contribution in [0.2, 0.25) is 0 Å². The molecule has 7 heteroatoms. The first-order valence-electron chi connectivity index (χ1n) is 14.7. The number of likely N-dealkylation sites (tertiary alicyclic amines) is 1. The molecule has 43 heavy (non-hydrogen) atoms. The highest BCUT2D eigenvalue weighted by molar-refractivity contribution is 6.37. The Kier molecular flexibility index (Phi) is 8.30. The summed E-state index contributed by atoms with van der Waals surface area (Å²) in [6, 6.07) is 32.8. The molecule has 0 aliphatic carbocycles. The van der Waals surface area contributed by atoms with Crippen LogP contribution in [0.4, 0.5) is 17.1 Å². The molecule has 1 saturated heterocycles. The third-order valence-corrected chi connectivity index (χ3v) is 7.86. The van der Waals surface area contributed by atoms with E-state index in [0.717, 1.165) is 36.4 Å². The van der Waals surface area contributed by atoms with Gasteiger partial charge in [0.2, 0.25) is 5.91 Å². The van der Waals surface area contributed by atoms with Crippen LogP contribution in [0.25, 0.3) is 11.3 Å². The summed E-state index contributed by atoms with van der Waals surface area (Å²) in [6.07, 6.45) is 3.98. The van der Waals surface area contributed by atoms with Crippen molar-refractivity contribution in [1.29, 1.82) is 5.26 Å². The molecule has 0 radical (unpaired) electrons. The van der Waals surface area contributed by atoms with E-state index in [2.05, 4.69) is 51.2 Å². The number of rotatable bonds is 8. The van der Waals surface area contributed by atoms with E-state index in [4.69, 9.17) is 5.26 Å². The van der Waals surface area contributed by atoms with Crippen LogP contribution in [-0.2, 0) is 22.6 Å². The van der Waals surface area contributed by atoms with Crippen LogP contribution in [0, 0.1) is 11.3 Å². The smallest absolute Gasteiger partial charge is 0.258 e. The highest BCUT2D eigenvalue weighted by Crippen LogP contribution is 2.39. The molecule has 6 rings (SSSR count). The van der Waals surface area contributed by atoms with Gasteiger partial charge in [-0.25, -0.2) is 0 Å². The molecule has 7 nitrogen and oxygen atoms in total. The standard InChI is InChI=1S/C36H33N5O2/c37-23-27-9-7-8-26(20-27)21-33(42)38-30-16-17-32-31(22-30)34(36(43)40-32)35(28-10-3-1-4-11-28)39-29-14-12-25(13-15-29)24-41-18-5-2-6-19-41/h1,3-4,7-17,20,22,39H,2,5-6,18-19,21,24H2,(H,38,42)(H,40,43). The maximum absolute atomic E-state index is 13.4. The zero-order valence-electron chi connectivity index (χ0n) is 23.9. The topological polar surface area (TPSA) is 97.3 Å². The van der Waals surface area contributed by atoms with Gasteiger partial charge in [-0.05, 0) is 85.1 Å². The minimum Gasteiger partial charge on any atom is -0.354 e. The maximum Gasteiger partial charge on any atom is 0.258 e. The quantitative estimate of drug-likeness (QED) is 0.207. The molecule has 2 amide bonds. The summed E-state index contributed by atoms with van der Waals surface area (Å²) < 4.78 is 0. The van der Waals surface area contributed by atoms with Crippen molar-refractivity contribution in [3.05, 3.63) is 125 Å². The highest BCUT2D eigenvalue weighted by atomic mass is 16.2. The van der Waals surface area contributed by atoms with Crippen molar-refractivity contribution < 1.29 is 9.59 Å². The summed E-state index contributed by atoms with van der Waals surface area (Å²) in [6.45, 7) is 3.24. The molecule has 0 atom stereocenters. The largest absolute Gasteiger partial charge is 0.354 e. The van der Waals surface area contributed by atoms with Crippen LogP contribution in [0.1, 0.15) is 47.1 Å². The van der Waals surface area contributed by atoms with Crippen molar-refractivity contribution in [2.24, 2.45) is 0 Å². The van der Waals surface area contributed by atoms with Crippen molar-refractivity contribution in [1.82, 2.24) is 4.90 Å². The summed E-state index contributed by atoms with van der Waals surface area (Å²) in [7, 11) is 0. The highest BCUT2D eigenvalue weighted by Gasteiger charge is 2.29. The molecule has 0 bridgehead atoms. The number of hydrogen-bond donors (Lipinski definition) is 3. The number of piperidine rings is 1. The number of fused-ring (bicyclic) bond motifs is 1. The number of anilines is 3. The Morgan fingerprint density at radius 3 is 2.35 bits per heavy atom. The van der Waals surface area contributed by atoms with E-state index in [1.807, 2.05) is 48.5 Å². The van der Waals surface area contributed by atoms with E-state index in [0.29, 0.717) is 33.8 Å². The van der Waals surface area contributed by atoms with Crippen LogP contribution in [-0.4, -0.2) is 29.8 Å². The summed E-state index contributed by atoms with van der Waals surface area (Å²) in [5, 5.41) is 18.6. The third-order valence-electron chi connectivity index (χ3n) is 7.86. The van der Waals surface area contributed by atoms with Crippen molar-refractivity contribution in [2.45, 2.75) is 32.2 Å². The lowest BCUT2D eigenvalue weighted by Gasteiger charge is -2.26. The SMILES string of the molecule is N#Cc1cccc(CC(=O)Nc2ccc3c(c2)C(=C(Nc2ccc(CN4CCCCC4)cc2)c2ccccc2)C(=O)N3)c1. The van der Waals surface area contributed by atoms with Gasteiger partial charge < -0.3 is 16.0 Å². The molecule has 0 aromatic heterocycles. The predicted molar refractivity (Wildman–Crippen MR) is 171 cm³/mol. The number of carbonyl (C=O) groups is 2. The molecule has 2 heterocycles. The molecular formula is C36H33N5O2. The molecule has 2 aliphatic heterocycles. The molecule has 3 N–H and O–H groups in total. The Hall–Kier alpha value is -5.19. The fourth-order valence-corrected chi connectivity index (χ4v) is 5.73. The fourth-order valence-electron chi connectivity index (χ4n) is 5.73. The Labute approximate surface area is 251 Å². The summed E-state index contributed by atoms with van der Waals surface area (Å²) >= 11 is 0. The van der Waals surface area contributed by atoms with Gasteiger partial charge >= 0.3 is 0 Å². The van der Waals surface area contributed by atoms with E-state index in [-0.39, 0.29) is 18.2 Å². The van der Waals surface area contributed by atoms with Crippen LogP contribution in [0.3, 0.4) is 0 Å². The predicted octanol–water partition coefficient (Wildman–Crippen LogP) is 6.66. The molecule has 0 unspecified atom stereocenters. The number of hydrogen-bond acceptors (Lipinski definition) is 5. The minimum atomic E-state index is -0.208. The average Bonchev–Trinajstić information content (AvgIpc) is 3.36. The van der Waals surface area contributed by atoms with E-state index in [1.165, 1.54) is 24.8 Å². The second kappa shape index (κ2) is 12.8. The van der Waals surface area contributed by atoms with Gasteiger partial charge in [0.1, 0.15) is 0 Å². The van der Waals surface area contributed by atoms with Crippen molar-refractivity contribution in [3.63, 3.8) is 0 Å².